The normalized spacial score (nSPS) is 13.7. The Labute approximate surface area is 298 Å². The van der Waals surface area contributed by atoms with Crippen LogP contribution in [0.1, 0.15) is 22.3 Å². The number of hydrogen-bond donors (Lipinski definition) is 0. The van der Waals surface area contributed by atoms with E-state index in [9.17, 15) is 0 Å². The third kappa shape index (κ3) is 4.12. The van der Waals surface area contributed by atoms with Gasteiger partial charge < -0.3 is 4.57 Å². The van der Waals surface area contributed by atoms with Gasteiger partial charge in [0.1, 0.15) is 11.5 Å². The molecular formula is C44H28N4Pt+2. The molecule has 0 unspecified atom stereocenters. The van der Waals surface area contributed by atoms with E-state index in [1.165, 1.54) is 27.6 Å². The van der Waals surface area contributed by atoms with E-state index in [0.717, 1.165) is 50.4 Å². The van der Waals surface area contributed by atoms with E-state index in [4.69, 9.17) is 4.98 Å². The van der Waals surface area contributed by atoms with Crippen molar-refractivity contribution in [2.75, 3.05) is 7.05 Å². The van der Waals surface area contributed by atoms with Crippen LogP contribution in [0.15, 0.2) is 152 Å². The van der Waals surface area contributed by atoms with Gasteiger partial charge in [0.2, 0.25) is 0 Å². The van der Waals surface area contributed by atoms with Gasteiger partial charge in [0, 0.05) is 29.3 Å². The minimum Gasteiger partial charge on any atom is -0.319 e. The topological polar surface area (TPSA) is 23.8 Å². The van der Waals surface area contributed by atoms with Gasteiger partial charge in [-0.1, -0.05) is 106 Å². The summed E-state index contributed by atoms with van der Waals surface area (Å²) in [6.07, 6.45) is 1.85. The molecule has 0 spiro atoms. The van der Waals surface area contributed by atoms with E-state index in [1.54, 1.807) is 0 Å². The summed E-state index contributed by atoms with van der Waals surface area (Å²) in [5, 5.41) is 2.33. The Morgan fingerprint density at radius 1 is 0.612 bits per heavy atom. The number of aromatic nitrogens is 2. The fourth-order valence-electron chi connectivity index (χ4n) is 7.98. The molecule has 0 bridgehead atoms. The molecule has 0 saturated carbocycles. The van der Waals surface area contributed by atoms with Gasteiger partial charge in [0.25, 0.3) is 11.4 Å². The van der Waals surface area contributed by atoms with Gasteiger partial charge >= 0.3 is 27.1 Å². The fraction of sp³-hybridized carbons (Fsp3) is 0.0455. The largest absolute Gasteiger partial charge is 2.00 e. The maximum Gasteiger partial charge on any atom is 2.00 e. The van der Waals surface area contributed by atoms with Crippen LogP contribution in [0.2, 0.25) is 0 Å². The van der Waals surface area contributed by atoms with Crippen molar-refractivity contribution in [2.24, 2.45) is 0 Å². The average molecular weight is 808 g/mol. The molecule has 8 aromatic rings. The molecule has 0 atom stereocenters. The van der Waals surface area contributed by atoms with Crippen LogP contribution < -0.4 is 4.58 Å². The summed E-state index contributed by atoms with van der Waals surface area (Å²) in [4.78, 5) is 4.80. The molecule has 0 amide bonds. The van der Waals surface area contributed by atoms with Crippen molar-refractivity contribution in [1.82, 2.24) is 14.1 Å². The van der Waals surface area contributed by atoms with Crippen LogP contribution in [0.3, 0.4) is 0 Å². The van der Waals surface area contributed by atoms with E-state index in [2.05, 4.69) is 161 Å². The second kappa shape index (κ2) is 11.2. The first-order chi connectivity index (χ1) is 23.7. The van der Waals surface area contributed by atoms with Gasteiger partial charge in [-0.15, -0.1) is 22.6 Å². The van der Waals surface area contributed by atoms with Crippen molar-refractivity contribution in [3.63, 3.8) is 0 Å². The molecule has 10 rings (SSSR count). The number of benzene rings is 6. The number of nitrogens with zero attached hydrogens (tertiary/aromatic N) is 4. The Balaban J connectivity index is 0.00000325. The maximum atomic E-state index is 4.80. The molecule has 0 radical (unpaired) electrons. The molecule has 1 aliphatic carbocycles. The Bertz CT molecular complexity index is 2640. The summed E-state index contributed by atoms with van der Waals surface area (Å²) in [6, 6.07) is 63.2. The van der Waals surface area contributed by atoms with Crippen LogP contribution in [-0.4, -0.2) is 27.2 Å². The zero-order valence-corrected chi connectivity index (χ0v) is 28.8. The summed E-state index contributed by atoms with van der Waals surface area (Å²) >= 11 is 0. The molecule has 1 aliphatic heterocycles. The van der Waals surface area contributed by atoms with Crippen molar-refractivity contribution in [3.8, 4) is 16.9 Å². The zero-order chi connectivity index (χ0) is 31.8. The SMILES string of the molecule is C[N+]1=C=[N+](c2[c-]c(C3(c4[c-]c5c(cc4)c4ccccc4n5-c4ccccn4)c4ccccc4-c4ccccc43)ccc2)c2ccccc21.[Pt+2]. The predicted molar refractivity (Wildman–Crippen MR) is 192 cm³/mol. The van der Waals surface area contributed by atoms with E-state index in [-0.39, 0.29) is 21.1 Å². The summed E-state index contributed by atoms with van der Waals surface area (Å²) < 4.78 is 6.41. The second-order valence-electron chi connectivity index (χ2n) is 12.4. The third-order valence-electron chi connectivity index (χ3n) is 9.98. The Morgan fingerprint density at radius 3 is 2.06 bits per heavy atom. The summed E-state index contributed by atoms with van der Waals surface area (Å²) in [6.45, 7) is 0. The third-order valence-corrected chi connectivity index (χ3v) is 9.98. The smallest absolute Gasteiger partial charge is 0.319 e. The van der Waals surface area contributed by atoms with Crippen LogP contribution in [0.5, 0.6) is 0 Å². The van der Waals surface area contributed by atoms with Gasteiger partial charge in [-0.05, 0) is 45.8 Å². The number of rotatable bonds is 4. The molecule has 2 aliphatic rings. The summed E-state index contributed by atoms with van der Waals surface area (Å²) in [5.41, 5.74) is 11.6. The standard InChI is InChI=1S/C44H28N4.Pt/c1-46-29-47(41-22-9-8-21-40(41)46)32-14-12-13-30(27-32)44(37-18-5-2-15-33(37)34-16-3-6-19-38(34)44)31-24-25-36-35-17-4-7-20-39(35)48(42(36)28-31)43-23-10-11-26-45-43;/h2-26H,1H3;/q;+2. The van der Waals surface area contributed by atoms with Crippen molar-refractivity contribution in [2.45, 2.75) is 5.41 Å². The number of pyridine rings is 1. The second-order valence-corrected chi connectivity index (χ2v) is 12.4. The minimum absolute atomic E-state index is 0. The molecule has 0 saturated heterocycles. The van der Waals surface area contributed by atoms with Crippen molar-refractivity contribution in [3.05, 3.63) is 186 Å². The van der Waals surface area contributed by atoms with Crippen molar-refractivity contribution >= 4 is 44.9 Å². The summed E-state index contributed by atoms with van der Waals surface area (Å²) in [5.74, 6) is 0.870. The van der Waals surface area contributed by atoms with Gasteiger partial charge in [-0.2, -0.15) is 30.3 Å². The van der Waals surface area contributed by atoms with Gasteiger partial charge in [0.15, 0.2) is 7.05 Å². The minimum atomic E-state index is -0.673. The predicted octanol–water partition coefficient (Wildman–Crippen LogP) is 9.44. The van der Waals surface area contributed by atoms with E-state index >= 15 is 0 Å². The Hall–Kier alpha value is -5.66. The fourth-order valence-corrected chi connectivity index (χ4v) is 7.98. The molecule has 3 heterocycles. The molecule has 2 aromatic heterocycles. The van der Waals surface area contributed by atoms with Crippen LogP contribution in [0.25, 0.3) is 38.8 Å². The molecular weight excluding hydrogens is 780 g/mol. The first-order valence-electron chi connectivity index (χ1n) is 16.2. The number of fused-ring (bicyclic) bond motifs is 7. The van der Waals surface area contributed by atoms with Crippen molar-refractivity contribution < 1.29 is 25.6 Å². The van der Waals surface area contributed by atoms with Crippen LogP contribution in [-0.2, 0) is 26.5 Å². The summed E-state index contributed by atoms with van der Waals surface area (Å²) in [7, 11) is 2.04. The average Bonchev–Trinajstić information content (AvgIpc) is 3.78. The van der Waals surface area contributed by atoms with E-state index in [0.29, 0.717) is 0 Å². The molecule has 5 heteroatoms. The van der Waals surface area contributed by atoms with Gasteiger partial charge in [-0.25, -0.2) is 4.98 Å². The first kappa shape index (κ1) is 29.5. The van der Waals surface area contributed by atoms with Crippen LogP contribution in [0, 0.1) is 12.1 Å². The number of hydrogen-bond acceptors (Lipinski definition) is 1. The zero-order valence-electron chi connectivity index (χ0n) is 26.5. The first-order valence-corrected chi connectivity index (χ1v) is 16.2. The van der Waals surface area contributed by atoms with Crippen LogP contribution >= 0.6 is 0 Å². The monoisotopic (exact) mass is 807 g/mol. The molecule has 4 nitrogen and oxygen atoms in total. The van der Waals surface area contributed by atoms with Gasteiger partial charge in [-0.3, -0.25) is 0 Å². The van der Waals surface area contributed by atoms with E-state index in [1.807, 2.05) is 30.0 Å². The Morgan fingerprint density at radius 2 is 1.29 bits per heavy atom. The maximum absolute atomic E-state index is 4.80. The van der Waals surface area contributed by atoms with E-state index < -0.39 is 5.41 Å². The van der Waals surface area contributed by atoms with Crippen LogP contribution in [0.4, 0.5) is 17.1 Å². The molecule has 232 valence electrons. The Kier molecular flexibility index (Phi) is 6.74. The molecule has 49 heavy (non-hydrogen) atoms. The molecule has 0 N–H and O–H groups in total. The molecule has 0 fully saturated rings. The molecule has 6 aromatic carbocycles. The van der Waals surface area contributed by atoms with Gasteiger partial charge in [0.05, 0.1) is 0 Å². The quantitative estimate of drug-likeness (QED) is 0.129. The van der Waals surface area contributed by atoms with Crippen molar-refractivity contribution in [1.29, 1.82) is 0 Å². The number of para-hydroxylation sites is 3.